The zero-order valence-corrected chi connectivity index (χ0v) is 14.3. The van der Waals surface area contributed by atoms with Gasteiger partial charge < -0.3 is 10.6 Å². The summed E-state index contributed by atoms with van der Waals surface area (Å²) in [5, 5.41) is 8.19. The number of aromatic nitrogens is 2. The Balaban J connectivity index is 2.07. The maximum atomic E-state index is 5.98. The van der Waals surface area contributed by atoms with Gasteiger partial charge in [-0.3, -0.25) is 0 Å². The quantitative estimate of drug-likeness (QED) is 0.807. The summed E-state index contributed by atoms with van der Waals surface area (Å²) in [7, 11) is 0. The number of halogens is 2. The number of hydrogen-bond donors (Lipinski definition) is 2. The highest BCUT2D eigenvalue weighted by molar-refractivity contribution is 7.09. The molecular formula is C14H16Cl2N4S. The first-order valence-electron chi connectivity index (χ1n) is 6.44. The number of benzene rings is 1. The number of rotatable bonds is 5. The van der Waals surface area contributed by atoms with Crippen LogP contribution in [0.5, 0.6) is 0 Å². The third-order valence-corrected chi connectivity index (χ3v) is 3.86. The largest absolute Gasteiger partial charge is 0.386 e. The Morgan fingerprint density at radius 1 is 1.29 bits per heavy atom. The van der Waals surface area contributed by atoms with Crippen molar-refractivity contribution in [1.29, 1.82) is 0 Å². The third-order valence-electron chi connectivity index (χ3n) is 2.47. The zero-order valence-electron chi connectivity index (χ0n) is 11.9. The van der Waals surface area contributed by atoms with E-state index in [1.54, 1.807) is 12.1 Å². The summed E-state index contributed by atoms with van der Waals surface area (Å²) in [6, 6.07) is 5.72. The van der Waals surface area contributed by atoms with E-state index >= 15 is 0 Å². The summed E-state index contributed by atoms with van der Waals surface area (Å²) in [4.78, 5) is 4.41. The molecular weight excluding hydrogens is 327 g/mol. The average molecular weight is 343 g/mol. The van der Waals surface area contributed by atoms with Crippen molar-refractivity contribution in [3.8, 4) is 0 Å². The third kappa shape index (κ3) is 4.88. The topological polar surface area (TPSA) is 49.8 Å². The van der Waals surface area contributed by atoms with Crippen molar-refractivity contribution in [2.45, 2.75) is 26.8 Å². The second kappa shape index (κ2) is 7.11. The van der Waals surface area contributed by atoms with E-state index in [1.165, 1.54) is 11.5 Å². The van der Waals surface area contributed by atoms with Crippen molar-refractivity contribution in [3.63, 3.8) is 0 Å². The standard InChI is InChI=1S/C14H16Cl2N4S/c1-8(2)17-9(3)6-13-19-14(21-20-13)18-10-4-5-11(15)12(16)7-10/h4-8,17H,1-3H3,(H,18,19,20). The summed E-state index contributed by atoms with van der Waals surface area (Å²) in [5.74, 6) is 0.674. The highest BCUT2D eigenvalue weighted by Gasteiger charge is 2.05. The fraction of sp³-hybridized carbons (Fsp3) is 0.286. The van der Waals surface area contributed by atoms with Gasteiger partial charge in [0.15, 0.2) is 5.82 Å². The van der Waals surface area contributed by atoms with Gasteiger partial charge in [0.1, 0.15) is 0 Å². The van der Waals surface area contributed by atoms with Crippen LogP contribution in [0.4, 0.5) is 10.8 Å². The van der Waals surface area contributed by atoms with Crippen molar-refractivity contribution < 1.29 is 0 Å². The van der Waals surface area contributed by atoms with E-state index < -0.39 is 0 Å². The van der Waals surface area contributed by atoms with E-state index in [-0.39, 0.29) is 0 Å². The average Bonchev–Trinajstić information content (AvgIpc) is 2.80. The fourth-order valence-electron chi connectivity index (χ4n) is 1.73. The van der Waals surface area contributed by atoms with Gasteiger partial charge in [-0.2, -0.15) is 9.36 Å². The number of nitrogens with zero attached hydrogens (tertiary/aromatic N) is 2. The van der Waals surface area contributed by atoms with Crippen LogP contribution in [0.1, 0.15) is 26.6 Å². The summed E-state index contributed by atoms with van der Waals surface area (Å²) >= 11 is 13.2. The molecule has 0 aliphatic heterocycles. The van der Waals surface area contributed by atoms with E-state index in [0.29, 0.717) is 27.0 Å². The lowest BCUT2D eigenvalue weighted by Crippen LogP contribution is -2.20. The van der Waals surface area contributed by atoms with Crippen LogP contribution in [0.15, 0.2) is 23.9 Å². The molecule has 0 saturated heterocycles. The molecule has 0 bridgehead atoms. The van der Waals surface area contributed by atoms with E-state index in [0.717, 1.165) is 11.4 Å². The normalized spacial score (nSPS) is 11.8. The molecule has 0 aliphatic rings. The van der Waals surface area contributed by atoms with Gasteiger partial charge in [0.25, 0.3) is 0 Å². The molecule has 0 amide bonds. The van der Waals surface area contributed by atoms with Gasteiger partial charge in [0.05, 0.1) is 10.0 Å². The van der Waals surface area contributed by atoms with Crippen LogP contribution in [0.25, 0.3) is 6.08 Å². The maximum Gasteiger partial charge on any atom is 0.207 e. The Bertz CT molecular complexity index is 652. The number of nitrogens with one attached hydrogen (secondary N) is 2. The fourth-order valence-corrected chi connectivity index (χ4v) is 2.60. The second-order valence-electron chi connectivity index (χ2n) is 4.84. The summed E-state index contributed by atoms with van der Waals surface area (Å²) in [5.41, 5.74) is 1.86. The molecule has 1 aromatic heterocycles. The molecule has 0 atom stereocenters. The molecule has 2 aromatic rings. The van der Waals surface area contributed by atoms with Gasteiger partial charge in [-0.05, 0) is 39.0 Å². The van der Waals surface area contributed by atoms with Crippen LogP contribution in [0.2, 0.25) is 10.0 Å². The van der Waals surface area contributed by atoms with Crippen LogP contribution in [-0.2, 0) is 0 Å². The first-order chi connectivity index (χ1) is 9.94. The Labute approximate surface area is 138 Å². The highest BCUT2D eigenvalue weighted by atomic mass is 35.5. The molecule has 1 heterocycles. The van der Waals surface area contributed by atoms with E-state index in [4.69, 9.17) is 23.2 Å². The zero-order chi connectivity index (χ0) is 15.4. The van der Waals surface area contributed by atoms with Crippen LogP contribution >= 0.6 is 34.7 Å². The second-order valence-corrected chi connectivity index (χ2v) is 6.40. The van der Waals surface area contributed by atoms with Crippen LogP contribution in [0, 0.1) is 0 Å². The van der Waals surface area contributed by atoms with Crippen molar-refractivity contribution in [2.24, 2.45) is 0 Å². The first-order valence-corrected chi connectivity index (χ1v) is 7.97. The molecule has 2 rings (SSSR count). The maximum absolute atomic E-state index is 5.98. The molecule has 2 N–H and O–H groups in total. The lowest BCUT2D eigenvalue weighted by Gasteiger charge is -2.08. The Morgan fingerprint density at radius 2 is 2.05 bits per heavy atom. The summed E-state index contributed by atoms with van der Waals surface area (Å²) in [6.45, 7) is 6.17. The lowest BCUT2D eigenvalue weighted by molar-refractivity contribution is 0.673. The Kier molecular flexibility index (Phi) is 5.45. The van der Waals surface area contributed by atoms with Gasteiger partial charge in [-0.15, -0.1) is 0 Å². The number of hydrogen-bond acceptors (Lipinski definition) is 5. The van der Waals surface area contributed by atoms with Gasteiger partial charge in [-0.1, -0.05) is 23.2 Å². The monoisotopic (exact) mass is 342 g/mol. The van der Waals surface area contributed by atoms with E-state index in [9.17, 15) is 0 Å². The molecule has 0 aliphatic carbocycles. The van der Waals surface area contributed by atoms with Gasteiger partial charge >= 0.3 is 0 Å². The molecule has 7 heteroatoms. The molecule has 0 unspecified atom stereocenters. The highest BCUT2D eigenvalue weighted by Crippen LogP contribution is 2.27. The minimum atomic E-state index is 0.383. The molecule has 0 spiro atoms. The van der Waals surface area contributed by atoms with E-state index in [2.05, 4.69) is 33.8 Å². The Hall–Kier alpha value is -1.30. The molecule has 0 radical (unpaired) electrons. The van der Waals surface area contributed by atoms with Crippen molar-refractivity contribution in [3.05, 3.63) is 39.8 Å². The van der Waals surface area contributed by atoms with Crippen LogP contribution in [0.3, 0.4) is 0 Å². The number of allylic oxidation sites excluding steroid dienone is 1. The number of anilines is 2. The van der Waals surface area contributed by atoms with Gasteiger partial charge in [-0.25, -0.2) is 0 Å². The minimum Gasteiger partial charge on any atom is -0.386 e. The minimum absolute atomic E-state index is 0.383. The molecule has 0 saturated carbocycles. The summed E-state index contributed by atoms with van der Waals surface area (Å²) < 4.78 is 4.29. The Morgan fingerprint density at radius 3 is 2.71 bits per heavy atom. The van der Waals surface area contributed by atoms with Crippen molar-refractivity contribution in [2.75, 3.05) is 5.32 Å². The van der Waals surface area contributed by atoms with Gasteiger partial charge in [0, 0.05) is 35.0 Å². The van der Waals surface area contributed by atoms with Crippen molar-refractivity contribution in [1.82, 2.24) is 14.7 Å². The predicted molar refractivity (Wildman–Crippen MR) is 91.6 cm³/mol. The summed E-state index contributed by atoms with van der Waals surface area (Å²) in [6.07, 6.45) is 1.91. The van der Waals surface area contributed by atoms with Crippen LogP contribution in [-0.4, -0.2) is 15.4 Å². The molecule has 112 valence electrons. The smallest absolute Gasteiger partial charge is 0.207 e. The molecule has 0 fully saturated rings. The predicted octanol–water partition coefficient (Wildman–Crippen LogP) is 4.95. The lowest BCUT2D eigenvalue weighted by atomic mass is 10.3. The molecule has 4 nitrogen and oxygen atoms in total. The first kappa shape index (κ1) is 16.1. The van der Waals surface area contributed by atoms with Crippen molar-refractivity contribution >= 4 is 51.6 Å². The SMILES string of the molecule is CC(=Cc1nsc(Nc2ccc(Cl)c(Cl)c2)n1)NC(C)C. The van der Waals surface area contributed by atoms with Crippen LogP contribution < -0.4 is 10.6 Å². The van der Waals surface area contributed by atoms with Gasteiger partial charge in [0.2, 0.25) is 5.13 Å². The molecule has 21 heavy (non-hydrogen) atoms. The van der Waals surface area contributed by atoms with E-state index in [1.807, 2.05) is 19.1 Å². The molecule has 1 aromatic carbocycles.